The number of pyridine rings is 1. The van der Waals surface area contributed by atoms with Crippen LogP contribution in [0.15, 0.2) is 47.3 Å². The second kappa shape index (κ2) is 6.67. The minimum Gasteiger partial charge on any atom is -0.452 e. The van der Waals surface area contributed by atoms with Crippen molar-refractivity contribution in [2.45, 2.75) is 18.9 Å². The number of nitrogens with two attached hydrogens (primary N) is 1. The number of furan rings is 1. The van der Waals surface area contributed by atoms with Crippen molar-refractivity contribution in [1.29, 1.82) is 0 Å². The molecule has 4 aromatic heterocycles. The van der Waals surface area contributed by atoms with Crippen LogP contribution in [0.1, 0.15) is 18.9 Å². The van der Waals surface area contributed by atoms with E-state index in [1.807, 2.05) is 30.5 Å². The number of nitrogen functional groups attached to an aromatic ring is 1. The van der Waals surface area contributed by atoms with Crippen LogP contribution in [0.3, 0.4) is 0 Å². The van der Waals surface area contributed by atoms with Gasteiger partial charge in [0, 0.05) is 34.5 Å². The first-order valence-corrected chi connectivity index (χ1v) is 10.0. The SMILES string of the molecule is Nc1ncc(-c2cnn(C3CCNCC3)c2)c2cc(-c3cccc4nn[nH]c34)oc12. The second-order valence-electron chi connectivity index (χ2n) is 7.61. The summed E-state index contributed by atoms with van der Waals surface area (Å²) in [6.07, 6.45) is 7.93. The predicted molar refractivity (Wildman–Crippen MR) is 114 cm³/mol. The number of hydrogen-bond acceptors (Lipinski definition) is 7. The number of benzene rings is 1. The smallest absolute Gasteiger partial charge is 0.177 e. The molecule has 1 saturated heterocycles. The quantitative estimate of drug-likeness (QED) is 0.425. The first kappa shape index (κ1) is 17.2. The fraction of sp³-hybridized carbons (Fsp3) is 0.238. The number of aromatic amines is 1. The molecule has 0 unspecified atom stereocenters. The number of anilines is 1. The summed E-state index contributed by atoms with van der Waals surface area (Å²) in [7, 11) is 0. The molecule has 0 radical (unpaired) electrons. The van der Waals surface area contributed by atoms with Gasteiger partial charge in [0.05, 0.1) is 17.8 Å². The zero-order valence-corrected chi connectivity index (χ0v) is 16.2. The molecule has 0 amide bonds. The highest BCUT2D eigenvalue weighted by molar-refractivity contribution is 6.01. The van der Waals surface area contributed by atoms with Crippen LogP contribution < -0.4 is 11.1 Å². The number of fused-ring (bicyclic) bond motifs is 2. The van der Waals surface area contributed by atoms with Crippen LogP contribution in [0.4, 0.5) is 5.82 Å². The Hall–Kier alpha value is -3.72. The Morgan fingerprint density at radius 1 is 1.13 bits per heavy atom. The molecular weight excluding hydrogens is 380 g/mol. The number of aromatic nitrogens is 6. The highest BCUT2D eigenvalue weighted by atomic mass is 16.3. The molecule has 0 spiro atoms. The van der Waals surface area contributed by atoms with E-state index in [9.17, 15) is 0 Å². The number of nitrogens with one attached hydrogen (secondary N) is 2. The summed E-state index contributed by atoms with van der Waals surface area (Å²) < 4.78 is 8.21. The van der Waals surface area contributed by atoms with Gasteiger partial charge in [0.1, 0.15) is 11.3 Å². The molecule has 0 aliphatic carbocycles. The Kier molecular flexibility index (Phi) is 3.81. The van der Waals surface area contributed by atoms with Crippen molar-refractivity contribution in [3.63, 3.8) is 0 Å². The van der Waals surface area contributed by atoms with Crippen molar-refractivity contribution in [2.75, 3.05) is 18.8 Å². The third-order valence-electron chi connectivity index (χ3n) is 5.81. The van der Waals surface area contributed by atoms with E-state index in [-0.39, 0.29) is 0 Å². The van der Waals surface area contributed by atoms with Gasteiger partial charge in [-0.1, -0.05) is 11.3 Å². The van der Waals surface area contributed by atoms with Crippen molar-refractivity contribution in [2.24, 2.45) is 0 Å². The van der Waals surface area contributed by atoms with Gasteiger partial charge in [-0.15, -0.1) is 5.10 Å². The van der Waals surface area contributed by atoms with Gasteiger partial charge in [0.25, 0.3) is 0 Å². The van der Waals surface area contributed by atoms with E-state index in [4.69, 9.17) is 10.2 Å². The standard InChI is InChI=1S/C21H20N8O/c22-21-20-15(8-18(30-20)14-2-1-3-17-19(14)27-28-26-17)16(10-24-21)12-9-25-29(11-12)13-4-6-23-7-5-13/h1-3,8-11,13,23H,4-7H2,(H2,22,24)(H,26,27,28). The van der Waals surface area contributed by atoms with Gasteiger partial charge in [-0.2, -0.15) is 5.10 Å². The Balaban J connectivity index is 1.47. The summed E-state index contributed by atoms with van der Waals surface area (Å²) in [5, 5.41) is 19.9. The van der Waals surface area contributed by atoms with E-state index in [1.54, 1.807) is 6.20 Å². The Morgan fingerprint density at radius 3 is 2.93 bits per heavy atom. The molecule has 1 aliphatic rings. The summed E-state index contributed by atoms with van der Waals surface area (Å²) in [5.74, 6) is 1.05. The van der Waals surface area contributed by atoms with E-state index in [1.165, 1.54) is 0 Å². The van der Waals surface area contributed by atoms with Gasteiger partial charge >= 0.3 is 0 Å². The van der Waals surface area contributed by atoms with Gasteiger partial charge in [0.2, 0.25) is 0 Å². The van der Waals surface area contributed by atoms with Gasteiger partial charge in [-0.05, 0) is 44.1 Å². The predicted octanol–water partition coefficient (Wildman–Crippen LogP) is 3.14. The third-order valence-corrected chi connectivity index (χ3v) is 5.81. The van der Waals surface area contributed by atoms with Crippen molar-refractivity contribution < 1.29 is 4.42 Å². The Labute approximate surface area is 171 Å². The molecule has 1 aliphatic heterocycles. The van der Waals surface area contributed by atoms with Crippen LogP contribution in [0, 0.1) is 0 Å². The molecule has 4 N–H and O–H groups in total. The largest absolute Gasteiger partial charge is 0.452 e. The molecule has 9 nitrogen and oxygen atoms in total. The second-order valence-corrected chi connectivity index (χ2v) is 7.61. The van der Waals surface area contributed by atoms with Gasteiger partial charge in [-0.25, -0.2) is 4.98 Å². The molecule has 150 valence electrons. The van der Waals surface area contributed by atoms with Crippen LogP contribution in [0.5, 0.6) is 0 Å². The summed E-state index contributed by atoms with van der Waals surface area (Å²) in [4.78, 5) is 4.37. The molecule has 0 bridgehead atoms. The summed E-state index contributed by atoms with van der Waals surface area (Å²) in [5.41, 5.74) is 11.1. The summed E-state index contributed by atoms with van der Waals surface area (Å²) in [6, 6.07) is 8.22. The fourth-order valence-corrected chi connectivity index (χ4v) is 4.23. The number of rotatable bonds is 3. The lowest BCUT2D eigenvalue weighted by Gasteiger charge is -2.22. The minimum atomic E-state index is 0.362. The molecule has 0 atom stereocenters. The number of piperidine rings is 1. The van der Waals surface area contributed by atoms with Crippen LogP contribution in [0.2, 0.25) is 0 Å². The third kappa shape index (κ3) is 2.66. The average Bonchev–Trinajstić information content (AvgIpc) is 3.53. The van der Waals surface area contributed by atoms with Crippen LogP contribution in [-0.4, -0.2) is 43.3 Å². The fourth-order valence-electron chi connectivity index (χ4n) is 4.23. The van der Waals surface area contributed by atoms with Gasteiger partial charge in [0.15, 0.2) is 11.4 Å². The summed E-state index contributed by atoms with van der Waals surface area (Å²) >= 11 is 0. The maximum Gasteiger partial charge on any atom is 0.177 e. The first-order chi connectivity index (χ1) is 14.8. The van der Waals surface area contributed by atoms with Crippen molar-refractivity contribution >= 4 is 27.8 Å². The van der Waals surface area contributed by atoms with Gasteiger partial charge in [-0.3, -0.25) is 9.78 Å². The molecule has 5 heterocycles. The maximum atomic E-state index is 6.15. The summed E-state index contributed by atoms with van der Waals surface area (Å²) in [6.45, 7) is 2.04. The zero-order valence-electron chi connectivity index (χ0n) is 16.2. The van der Waals surface area contributed by atoms with Gasteiger partial charge < -0.3 is 15.5 Å². The van der Waals surface area contributed by atoms with E-state index < -0.39 is 0 Å². The topological polar surface area (TPSA) is 123 Å². The maximum absolute atomic E-state index is 6.15. The first-order valence-electron chi connectivity index (χ1n) is 10.0. The molecule has 30 heavy (non-hydrogen) atoms. The molecule has 9 heteroatoms. The Bertz CT molecular complexity index is 1360. The number of nitrogens with zero attached hydrogens (tertiary/aromatic N) is 5. The van der Waals surface area contributed by atoms with Crippen LogP contribution in [-0.2, 0) is 0 Å². The lowest BCUT2D eigenvalue weighted by atomic mass is 10.1. The van der Waals surface area contributed by atoms with Crippen molar-refractivity contribution in [3.8, 4) is 22.5 Å². The molecule has 0 saturated carbocycles. The highest BCUT2D eigenvalue weighted by Gasteiger charge is 2.20. The monoisotopic (exact) mass is 400 g/mol. The van der Waals surface area contributed by atoms with Crippen molar-refractivity contribution in [3.05, 3.63) is 42.9 Å². The van der Waals surface area contributed by atoms with Crippen molar-refractivity contribution in [1.82, 2.24) is 35.5 Å². The van der Waals surface area contributed by atoms with Crippen LogP contribution in [0.25, 0.3) is 44.5 Å². The lowest BCUT2D eigenvalue weighted by Crippen LogP contribution is -2.29. The Morgan fingerprint density at radius 2 is 2.03 bits per heavy atom. The molecule has 1 aromatic carbocycles. The van der Waals surface area contributed by atoms with Crippen LogP contribution >= 0.6 is 0 Å². The molecule has 5 aromatic rings. The van der Waals surface area contributed by atoms with E-state index in [2.05, 4.69) is 41.7 Å². The van der Waals surface area contributed by atoms with E-state index >= 15 is 0 Å². The lowest BCUT2D eigenvalue weighted by molar-refractivity contribution is 0.343. The van der Waals surface area contributed by atoms with E-state index in [0.29, 0.717) is 23.2 Å². The highest BCUT2D eigenvalue weighted by Crippen LogP contribution is 2.38. The zero-order chi connectivity index (χ0) is 20.1. The molecule has 1 fully saturated rings. The molecule has 6 rings (SSSR count). The number of hydrogen-bond donors (Lipinski definition) is 3. The minimum absolute atomic E-state index is 0.362. The van der Waals surface area contributed by atoms with E-state index in [0.717, 1.165) is 59.0 Å². The number of para-hydroxylation sites is 1. The molecular formula is C21H20N8O. The number of H-pyrrole nitrogens is 1. The normalized spacial score (nSPS) is 15.3. The average molecular weight is 400 g/mol.